The molecule has 1 heterocycles. The highest BCUT2D eigenvalue weighted by molar-refractivity contribution is 9.10. The quantitative estimate of drug-likeness (QED) is 0.329. The topological polar surface area (TPSA) is 82.1 Å². The maximum atomic E-state index is 13.1. The van der Waals surface area contributed by atoms with Gasteiger partial charge in [-0.3, -0.25) is 19.3 Å². The van der Waals surface area contributed by atoms with Crippen LogP contribution in [0.1, 0.15) is 31.9 Å². The Kier molecular flexibility index (Phi) is 8.04. The molecule has 0 aromatic heterocycles. The summed E-state index contributed by atoms with van der Waals surface area (Å²) in [6.07, 6.45) is 1.54. The molecule has 0 N–H and O–H groups in total. The number of halogens is 2. The molecule has 0 bridgehead atoms. The molecule has 180 valence electrons. The van der Waals surface area contributed by atoms with Crippen LogP contribution in [0.4, 0.5) is 9.18 Å². The monoisotopic (exact) mass is 551 g/mol. The van der Waals surface area contributed by atoms with Gasteiger partial charge in [-0.05, 0) is 89.9 Å². The molecule has 0 atom stereocenters. The number of amides is 2. The fourth-order valence-corrected chi connectivity index (χ4v) is 4.40. The van der Waals surface area contributed by atoms with Gasteiger partial charge in [-0.15, -0.1) is 0 Å². The minimum absolute atomic E-state index is 0.169. The smallest absolute Gasteiger partial charge is 0.326 e. The van der Waals surface area contributed by atoms with Crippen LogP contribution in [0.25, 0.3) is 6.08 Å². The molecule has 1 saturated heterocycles. The lowest BCUT2D eigenvalue weighted by molar-refractivity contribution is -0.156. The Balaban J connectivity index is 1.76. The summed E-state index contributed by atoms with van der Waals surface area (Å²) in [5.74, 6) is -0.740. The highest BCUT2D eigenvalue weighted by Crippen LogP contribution is 2.39. The first kappa shape index (κ1) is 25.8. The van der Waals surface area contributed by atoms with Crippen LogP contribution in [-0.4, -0.2) is 41.3 Å². The molecule has 1 fully saturated rings. The van der Waals surface area contributed by atoms with E-state index in [2.05, 4.69) is 15.9 Å². The zero-order valence-corrected chi connectivity index (χ0v) is 21.4. The number of esters is 1. The fraction of sp³-hybridized carbons (Fsp3) is 0.292. The maximum absolute atomic E-state index is 13.1. The van der Waals surface area contributed by atoms with Crippen LogP contribution >= 0.6 is 27.7 Å². The molecule has 0 radical (unpaired) electrons. The van der Waals surface area contributed by atoms with Crippen LogP contribution in [0.3, 0.4) is 0 Å². The Bertz CT molecular complexity index is 1140. The zero-order chi connectivity index (χ0) is 25.0. The minimum Gasteiger partial charge on any atom is -0.493 e. The third kappa shape index (κ3) is 6.60. The number of carbonyl (C=O) groups excluding carboxylic acids is 3. The van der Waals surface area contributed by atoms with Crippen molar-refractivity contribution in [1.29, 1.82) is 0 Å². The van der Waals surface area contributed by atoms with E-state index in [-0.39, 0.29) is 17.3 Å². The van der Waals surface area contributed by atoms with Crippen molar-refractivity contribution in [3.63, 3.8) is 0 Å². The number of hydrogen-bond acceptors (Lipinski definition) is 7. The van der Waals surface area contributed by atoms with Crippen molar-refractivity contribution in [3.05, 3.63) is 62.7 Å². The van der Waals surface area contributed by atoms with Crippen LogP contribution in [-0.2, 0) is 20.9 Å². The zero-order valence-electron chi connectivity index (χ0n) is 19.0. The molecular weight excluding hydrogens is 529 g/mol. The first-order chi connectivity index (χ1) is 16.0. The van der Waals surface area contributed by atoms with Gasteiger partial charge in [0.2, 0.25) is 0 Å². The van der Waals surface area contributed by atoms with Crippen molar-refractivity contribution < 1.29 is 33.0 Å². The molecular formula is C24H23BrFNO6S. The highest BCUT2D eigenvalue weighted by atomic mass is 79.9. The van der Waals surface area contributed by atoms with E-state index in [0.717, 1.165) is 22.2 Å². The molecule has 7 nitrogen and oxygen atoms in total. The number of benzene rings is 2. The van der Waals surface area contributed by atoms with E-state index in [0.29, 0.717) is 21.5 Å². The Morgan fingerprint density at radius 3 is 2.47 bits per heavy atom. The van der Waals surface area contributed by atoms with E-state index < -0.39 is 29.3 Å². The van der Waals surface area contributed by atoms with Crippen LogP contribution in [0.2, 0.25) is 0 Å². The summed E-state index contributed by atoms with van der Waals surface area (Å²) in [5.41, 5.74) is 0.636. The van der Waals surface area contributed by atoms with E-state index in [1.54, 1.807) is 45.0 Å². The average Bonchev–Trinajstić information content (AvgIpc) is 2.99. The van der Waals surface area contributed by atoms with E-state index in [4.69, 9.17) is 14.2 Å². The normalized spacial score (nSPS) is 15.1. The predicted molar refractivity (Wildman–Crippen MR) is 130 cm³/mol. The summed E-state index contributed by atoms with van der Waals surface area (Å²) in [5, 5.41) is -0.549. The minimum atomic E-state index is -0.724. The van der Waals surface area contributed by atoms with Crippen LogP contribution < -0.4 is 9.47 Å². The van der Waals surface area contributed by atoms with Gasteiger partial charge in [0, 0.05) is 0 Å². The van der Waals surface area contributed by atoms with Crippen molar-refractivity contribution in [1.82, 2.24) is 4.90 Å². The molecule has 0 aliphatic carbocycles. The second-order valence-electron chi connectivity index (χ2n) is 8.30. The lowest BCUT2D eigenvalue weighted by Gasteiger charge is -2.21. The van der Waals surface area contributed by atoms with Crippen molar-refractivity contribution in [2.24, 2.45) is 0 Å². The van der Waals surface area contributed by atoms with Crippen LogP contribution in [0, 0.1) is 5.82 Å². The molecule has 1 aliphatic heterocycles. The SMILES string of the molecule is COc1cc(C=C2SC(=O)N(CC(=O)OC(C)(C)C)C2=O)cc(Br)c1OCc1ccc(F)cc1. The molecule has 0 unspecified atom stereocenters. The van der Waals surface area contributed by atoms with Crippen molar-refractivity contribution in [2.45, 2.75) is 33.0 Å². The number of methoxy groups -OCH3 is 1. The number of hydrogen-bond donors (Lipinski definition) is 0. The number of thioether (sulfide) groups is 1. The maximum Gasteiger partial charge on any atom is 0.326 e. The van der Waals surface area contributed by atoms with Gasteiger partial charge in [0.25, 0.3) is 11.1 Å². The summed E-state index contributed by atoms with van der Waals surface area (Å²) in [6, 6.07) is 9.32. The number of ether oxygens (including phenoxy) is 3. The summed E-state index contributed by atoms with van der Waals surface area (Å²) in [7, 11) is 1.48. The van der Waals surface area contributed by atoms with Gasteiger partial charge in [-0.1, -0.05) is 12.1 Å². The van der Waals surface area contributed by atoms with Gasteiger partial charge in [-0.2, -0.15) is 0 Å². The third-order valence-corrected chi connectivity index (χ3v) is 5.92. The molecule has 2 aromatic carbocycles. The molecule has 2 aromatic rings. The summed E-state index contributed by atoms with van der Waals surface area (Å²) < 4.78 is 30.1. The van der Waals surface area contributed by atoms with Crippen molar-refractivity contribution >= 4 is 50.9 Å². The number of rotatable bonds is 7. The summed E-state index contributed by atoms with van der Waals surface area (Å²) in [6.45, 7) is 4.85. The average molecular weight is 552 g/mol. The molecule has 34 heavy (non-hydrogen) atoms. The molecule has 0 saturated carbocycles. The number of nitrogens with zero attached hydrogens (tertiary/aromatic N) is 1. The standard InChI is InChI=1S/C24H23BrFNO6S/c1-24(2,3)33-20(28)12-27-22(29)19(34-23(27)30)11-15-9-17(25)21(18(10-15)31-4)32-13-14-5-7-16(26)8-6-14/h5-11H,12-13H2,1-4H3. The van der Waals surface area contributed by atoms with Crippen molar-refractivity contribution in [2.75, 3.05) is 13.7 Å². The Morgan fingerprint density at radius 2 is 1.85 bits per heavy atom. The fourth-order valence-electron chi connectivity index (χ4n) is 2.99. The van der Waals surface area contributed by atoms with Gasteiger partial charge >= 0.3 is 5.97 Å². The van der Waals surface area contributed by atoms with Crippen molar-refractivity contribution in [3.8, 4) is 11.5 Å². The Morgan fingerprint density at radius 1 is 1.18 bits per heavy atom. The molecule has 0 spiro atoms. The van der Waals surface area contributed by atoms with E-state index in [1.807, 2.05) is 0 Å². The predicted octanol–water partition coefficient (Wildman–Crippen LogP) is 5.55. The molecule has 1 aliphatic rings. The second kappa shape index (κ2) is 10.6. The first-order valence-electron chi connectivity index (χ1n) is 10.2. The molecule has 2 amide bonds. The van der Waals surface area contributed by atoms with Gasteiger partial charge in [0.05, 0.1) is 16.5 Å². The lowest BCUT2D eigenvalue weighted by atomic mass is 10.1. The first-order valence-corrected chi connectivity index (χ1v) is 11.8. The summed E-state index contributed by atoms with van der Waals surface area (Å²) in [4.78, 5) is 38.1. The largest absolute Gasteiger partial charge is 0.493 e. The lowest BCUT2D eigenvalue weighted by Crippen LogP contribution is -2.37. The van der Waals surface area contributed by atoms with Gasteiger partial charge in [0.15, 0.2) is 11.5 Å². The molecule has 3 rings (SSSR count). The Labute approximate surface area is 209 Å². The highest BCUT2D eigenvalue weighted by Gasteiger charge is 2.37. The van der Waals surface area contributed by atoms with E-state index >= 15 is 0 Å². The van der Waals surface area contributed by atoms with Gasteiger partial charge < -0.3 is 14.2 Å². The number of imide groups is 1. The Hall–Kier alpha value is -2.85. The van der Waals surface area contributed by atoms with Crippen LogP contribution in [0.15, 0.2) is 45.8 Å². The van der Waals surface area contributed by atoms with Crippen LogP contribution in [0.5, 0.6) is 11.5 Å². The van der Waals surface area contributed by atoms with Gasteiger partial charge in [-0.25, -0.2) is 4.39 Å². The summed E-state index contributed by atoms with van der Waals surface area (Å²) >= 11 is 4.19. The van der Waals surface area contributed by atoms with Gasteiger partial charge in [0.1, 0.15) is 24.6 Å². The second-order valence-corrected chi connectivity index (χ2v) is 10.2. The van der Waals surface area contributed by atoms with E-state index in [9.17, 15) is 18.8 Å². The van der Waals surface area contributed by atoms with E-state index in [1.165, 1.54) is 25.3 Å². The molecule has 10 heteroatoms. The number of carbonyl (C=O) groups is 3. The third-order valence-electron chi connectivity index (χ3n) is 4.43.